The molecule has 1 amide bonds. The Labute approximate surface area is 193 Å². The van der Waals surface area contributed by atoms with Crippen LogP contribution in [0.4, 0.5) is 0 Å². The van der Waals surface area contributed by atoms with E-state index in [1.54, 1.807) is 0 Å². The summed E-state index contributed by atoms with van der Waals surface area (Å²) >= 11 is 0. The Morgan fingerprint density at radius 2 is 1.61 bits per heavy atom. The average Bonchev–Trinajstić information content (AvgIpc) is 3.35. The molecule has 0 bridgehead atoms. The third kappa shape index (κ3) is 3.97. The SMILES string of the molecule is C/C(C1=C(c2ccccc2)C2(CCCCC2)OC1=O)=C1\NC(=NCc2ccccc2)NC1=O. The van der Waals surface area contributed by atoms with Crippen molar-refractivity contribution >= 4 is 23.4 Å². The van der Waals surface area contributed by atoms with Gasteiger partial charge in [-0.15, -0.1) is 0 Å². The summed E-state index contributed by atoms with van der Waals surface area (Å²) in [5.41, 5.74) is 3.72. The monoisotopic (exact) mass is 441 g/mol. The minimum Gasteiger partial charge on any atom is -0.451 e. The first-order valence-corrected chi connectivity index (χ1v) is 11.5. The van der Waals surface area contributed by atoms with Crippen LogP contribution in [0.15, 0.2) is 82.5 Å². The molecule has 1 saturated heterocycles. The van der Waals surface area contributed by atoms with Gasteiger partial charge in [-0.05, 0) is 49.3 Å². The van der Waals surface area contributed by atoms with Crippen molar-refractivity contribution in [1.82, 2.24) is 10.6 Å². The van der Waals surface area contributed by atoms with Gasteiger partial charge in [0, 0.05) is 5.57 Å². The molecule has 3 aliphatic rings. The molecule has 6 heteroatoms. The lowest BCUT2D eigenvalue weighted by molar-refractivity contribution is -0.147. The molecule has 0 radical (unpaired) electrons. The Kier molecular flexibility index (Phi) is 5.58. The number of hydrogen-bond donors (Lipinski definition) is 2. The van der Waals surface area contributed by atoms with Crippen molar-refractivity contribution in [3.8, 4) is 0 Å². The van der Waals surface area contributed by atoms with Gasteiger partial charge in [0.1, 0.15) is 11.3 Å². The minimum atomic E-state index is -0.618. The highest BCUT2D eigenvalue weighted by Gasteiger charge is 2.49. The normalized spacial score (nSPS) is 22.4. The fraction of sp³-hybridized carbons (Fsp3) is 0.296. The van der Waals surface area contributed by atoms with Crippen LogP contribution in [0.2, 0.25) is 0 Å². The van der Waals surface area contributed by atoms with Gasteiger partial charge in [0.2, 0.25) is 5.96 Å². The topological polar surface area (TPSA) is 79.8 Å². The van der Waals surface area contributed by atoms with Crippen LogP contribution >= 0.6 is 0 Å². The van der Waals surface area contributed by atoms with Crippen molar-refractivity contribution in [2.45, 2.75) is 51.2 Å². The number of esters is 1. The molecule has 2 N–H and O–H groups in total. The maximum atomic E-state index is 13.2. The van der Waals surface area contributed by atoms with Gasteiger partial charge in [0.05, 0.1) is 12.1 Å². The van der Waals surface area contributed by atoms with Gasteiger partial charge in [0.25, 0.3) is 5.91 Å². The lowest BCUT2D eigenvalue weighted by Crippen LogP contribution is -2.33. The summed E-state index contributed by atoms with van der Waals surface area (Å²) in [5, 5.41) is 5.89. The maximum absolute atomic E-state index is 13.2. The summed E-state index contributed by atoms with van der Waals surface area (Å²) in [6.45, 7) is 2.25. The highest BCUT2D eigenvalue weighted by Crippen LogP contribution is 2.50. The first kappa shape index (κ1) is 21.2. The number of carbonyl (C=O) groups excluding carboxylic acids is 2. The predicted molar refractivity (Wildman–Crippen MR) is 127 cm³/mol. The fourth-order valence-electron chi connectivity index (χ4n) is 5.04. The molecule has 2 fully saturated rings. The van der Waals surface area contributed by atoms with Gasteiger partial charge < -0.3 is 10.1 Å². The standard InChI is InChI=1S/C27H27N3O3/c1-18(23-24(31)30-26(29-23)28-17-19-11-5-2-6-12-19)21-22(20-13-7-3-8-14-20)27(33-25(21)32)15-9-4-10-16-27/h2-3,5-8,11-14H,4,9-10,15-17H2,1H3,(H2,28,29,30,31)/b23-18+. The van der Waals surface area contributed by atoms with Gasteiger partial charge in [-0.2, -0.15) is 0 Å². The van der Waals surface area contributed by atoms with E-state index in [2.05, 4.69) is 15.6 Å². The van der Waals surface area contributed by atoms with Crippen molar-refractivity contribution in [3.63, 3.8) is 0 Å². The van der Waals surface area contributed by atoms with Gasteiger partial charge >= 0.3 is 5.97 Å². The second-order valence-electron chi connectivity index (χ2n) is 8.79. The molecule has 33 heavy (non-hydrogen) atoms. The molecule has 1 aliphatic carbocycles. The Morgan fingerprint density at radius 1 is 0.939 bits per heavy atom. The van der Waals surface area contributed by atoms with Crippen LogP contribution < -0.4 is 10.6 Å². The van der Waals surface area contributed by atoms with Crippen molar-refractivity contribution in [2.24, 2.45) is 4.99 Å². The highest BCUT2D eigenvalue weighted by molar-refractivity contribution is 6.16. The van der Waals surface area contributed by atoms with Crippen LogP contribution in [-0.2, 0) is 20.9 Å². The summed E-state index contributed by atoms with van der Waals surface area (Å²) in [6.07, 6.45) is 4.78. The van der Waals surface area contributed by atoms with E-state index in [1.807, 2.05) is 67.6 Å². The van der Waals surface area contributed by atoms with Crippen molar-refractivity contribution in [3.05, 3.63) is 88.6 Å². The second kappa shape index (κ2) is 8.70. The Balaban J connectivity index is 1.54. The van der Waals surface area contributed by atoms with Crippen LogP contribution in [0.5, 0.6) is 0 Å². The molecule has 2 aromatic carbocycles. The summed E-state index contributed by atoms with van der Waals surface area (Å²) in [7, 11) is 0. The van der Waals surface area contributed by atoms with Gasteiger partial charge in [-0.3, -0.25) is 10.1 Å². The van der Waals surface area contributed by atoms with Gasteiger partial charge in [-0.25, -0.2) is 9.79 Å². The highest BCUT2D eigenvalue weighted by atomic mass is 16.6. The number of nitrogens with zero attached hydrogens (tertiary/aromatic N) is 1. The average molecular weight is 442 g/mol. The van der Waals surface area contributed by atoms with E-state index >= 15 is 0 Å². The predicted octanol–water partition coefficient (Wildman–Crippen LogP) is 4.25. The first-order chi connectivity index (χ1) is 16.1. The number of benzene rings is 2. The zero-order chi connectivity index (χ0) is 22.8. The van der Waals surface area contributed by atoms with E-state index in [9.17, 15) is 9.59 Å². The van der Waals surface area contributed by atoms with Crippen LogP contribution in [0.1, 0.15) is 50.2 Å². The van der Waals surface area contributed by atoms with Crippen molar-refractivity contribution in [1.29, 1.82) is 0 Å². The molecular weight excluding hydrogens is 414 g/mol. The third-order valence-electron chi connectivity index (χ3n) is 6.64. The zero-order valence-electron chi connectivity index (χ0n) is 18.7. The van der Waals surface area contributed by atoms with E-state index in [1.165, 1.54) is 0 Å². The molecule has 0 atom stereocenters. The summed E-state index contributed by atoms with van der Waals surface area (Å²) in [4.78, 5) is 30.5. The zero-order valence-corrected chi connectivity index (χ0v) is 18.7. The largest absolute Gasteiger partial charge is 0.451 e. The number of hydrogen-bond acceptors (Lipinski definition) is 4. The first-order valence-electron chi connectivity index (χ1n) is 11.5. The lowest BCUT2D eigenvalue weighted by atomic mass is 9.75. The van der Waals surface area contributed by atoms with Crippen LogP contribution in [0.25, 0.3) is 5.57 Å². The van der Waals surface area contributed by atoms with E-state index in [0.717, 1.165) is 48.8 Å². The van der Waals surface area contributed by atoms with Crippen LogP contribution in [0, 0.1) is 0 Å². The van der Waals surface area contributed by atoms with Gasteiger partial charge in [0.15, 0.2) is 0 Å². The number of amides is 1. The molecule has 0 unspecified atom stereocenters. The molecule has 5 rings (SSSR count). The Morgan fingerprint density at radius 3 is 2.30 bits per heavy atom. The van der Waals surface area contributed by atoms with Crippen LogP contribution in [0.3, 0.4) is 0 Å². The fourth-order valence-corrected chi connectivity index (χ4v) is 5.04. The van der Waals surface area contributed by atoms with Crippen molar-refractivity contribution in [2.75, 3.05) is 0 Å². The number of aliphatic imine (C=N–C) groups is 1. The molecule has 168 valence electrons. The van der Waals surface area contributed by atoms with Gasteiger partial charge in [-0.1, -0.05) is 67.1 Å². The number of nitrogens with one attached hydrogen (secondary N) is 2. The summed E-state index contributed by atoms with van der Waals surface area (Å²) in [5.74, 6) is -0.263. The number of carbonyl (C=O) groups is 2. The molecule has 2 aliphatic heterocycles. The van der Waals surface area contributed by atoms with E-state index < -0.39 is 5.60 Å². The maximum Gasteiger partial charge on any atom is 0.339 e. The van der Waals surface area contributed by atoms with E-state index in [0.29, 0.717) is 29.3 Å². The molecule has 1 spiro atoms. The molecule has 2 aromatic rings. The number of guanidine groups is 1. The number of rotatable bonds is 4. The molecular formula is C27H27N3O3. The van der Waals surface area contributed by atoms with Crippen LogP contribution in [-0.4, -0.2) is 23.4 Å². The smallest absolute Gasteiger partial charge is 0.339 e. The van der Waals surface area contributed by atoms with E-state index in [-0.39, 0.29) is 11.9 Å². The van der Waals surface area contributed by atoms with E-state index in [4.69, 9.17) is 4.74 Å². The third-order valence-corrected chi connectivity index (χ3v) is 6.64. The van der Waals surface area contributed by atoms with Crippen molar-refractivity contribution < 1.29 is 14.3 Å². The quantitative estimate of drug-likeness (QED) is 0.549. The summed E-state index contributed by atoms with van der Waals surface area (Å²) in [6, 6.07) is 19.8. The molecule has 2 heterocycles. The molecule has 1 saturated carbocycles. The number of ether oxygens (including phenoxy) is 1. The lowest BCUT2D eigenvalue weighted by Gasteiger charge is -2.34. The molecule has 0 aromatic heterocycles. The Bertz CT molecular complexity index is 1170. The second-order valence-corrected chi connectivity index (χ2v) is 8.79. The summed E-state index contributed by atoms with van der Waals surface area (Å²) < 4.78 is 6.08. The Hall–Kier alpha value is -3.67. The molecule has 6 nitrogen and oxygen atoms in total. The minimum absolute atomic E-state index is 0.295.